The molecule has 1 aromatic carbocycles. The largest absolute Gasteiger partial charge is 0.508 e. The molecule has 0 amide bonds. The summed E-state index contributed by atoms with van der Waals surface area (Å²) < 4.78 is 5.52. The molecule has 1 N–H and O–H groups in total. The van der Waals surface area contributed by atoms with Gasteiger partial charge in [-0.15, -0.1) is 0 Å². The van der Waals surface area contributed by atoms with Gasteiger partial charge >= 0.3 is 0 Å². The fourth-order valence-corrected chi connectivity index (χ4v) is 1.68. The molecule has 0 bridgehead atoms. The van der Waals surface area contributed by atoms with Crippen molar-refractivity contribution < 1.29 is 14.7 Å². The Kier molecular flexibility index (Phi) is 2.49. The quantitative estimate of drug-likeness (QED) is 0.715. The lowest BCUT2D eigenvalue weighted by Gasteiger charge is -2.20. The Labute approximate surface area is 88.1 Å². The number of nitrogens with zero attached hydrogens (tertiary/aromatic N) is 1. The van der Waals surface area contributed by atoms with Crippen molar-refractivity contribution in [2.75, 3.05) is 13.7 Å². The molecule has 0 saturated heterocycles. The van der Waals surface area contributed by atoms with Crippen molar-refractivity contribution in [2.45, 2.75) is 13.3 Å². The molecular weight excluding hydrogens is 194 g/mol. The van der Waals surface area contributed by atoms with Crippen molar-refractivity contribution in [3.05, 3.63) is 23.3 Å². The van der Waals surface area contributed by atoms with Gasteiger partial charge in [-0.25, -0.2) is 0 Å². The molecule has 4 nitrogen and oxygen atoms in total. The van der Waals surface area contributed by atoms with Crippen LogP contribution in [0.25, 0.3) is 0 Å². The first-order valence-electron chi connectivity index (χ1n) is 4.80. The van der Waals surface area contributed by atoms with Crippen LogP contribution in [0.4, 0.5) is 0 Å². The molecule has 0 saturated carbocycles. The Morgan fingerprint density at radius 1 is 1.47 bits per heavy atom. The molecule has 0 spiro atoms. The minimum Gasteiger partial charge on any atom is -0.508 e. The number of fused-ring (bicyclic) bond motifs is 1. The van der Waals surface area contributed by atoms with Crippen molar-refractivity contribution in [3.63, 3.8) is 0 Å². The number of oxime groups is 1. The summed E-state index contributed by atoms with van der Waals surface area (Å²) in [6.45, 7) is 2.39. The maximum Gasteiger partial charge on any atom is 0.135 e. The zero-order valence-electron chi connectivity index (χ0n) is 8.78. The summed E-state index contributed by atoms with van der Waals surface area (Å²) in [6, 6.07) is 3.45. The van der Waals surface area contributed by atoms with E-state index in [1.54, 1.807) is 12.1 Å². The van der Waals surface area contributed by atoms with Crippen LogP contribution in [0.2, 0.25) is 0 Å². The number of benzene rings is 1. The number of ether oxygens (including phenoxy) is 1. The summed E-state index contributed by atoms with van der Waals surface area (Å²) in [5.41, 5.74) is 2.51. The predicted molar refractivity (Wildman–Crippen MR) is 56.5 cm³/mol. The van der Waals surface area contributed by atoms with Gasteiger partial charge in [0.1, 0.15) is 18.6 Å². The zero-order chi connectivity index (χ0) is 10.8. The molecule has 1 aromatic rings. The molecule has 0 radical (unpaired) electrons. The Bertz CT molecular complexity index is 413. The van der Waals surface area contributed by atoms with E-state index in [2.05, 4.69) is 5.16 Å². The van der Waals surface area contributed by atoms with Gasteiger partial charge in [0, 0.05) is 17.5 Å². The van der Waals surface area contributed by atoms with Crippen LogP contribution in [0.1, 0.15) is 17.5 Å². The number of hydrogen-bond acceptors (Lipinski definition) is 4. The Balaban J connectivity index is 2.54. The smallest absolute Gasteiger partial charge is 0.135 e. The maximum atomic E-state index is 9.54. The first-order valence-corrected chi connectivity index (χ1v) is 4.80. The summed E-state index contributed by atoms with van der Waals surface area (Å²) >= 11 is 0. The molecule has 1 heterocycles. The summed E-state index contributed by atoms with van der Waals surface area (Å²) in [5.74, 6) is 0.949. The van der Waals surface area contributed by atoms with Gasteiger partial charge in [0.25, 0.3) is 0 Å². The lowest BCUT2D eigenvalue weighted by atomic mass is 10.0. The molecular formula is C11H13NO3. The van der Waals surface area contributed by atoms with Crippen molar-refractivity contribution in [1.29, 1.82) is 0 Å². The van der Waals surface area contributed by atoms with E-state index in [1.165, 1.54) is 7.11 Å². The molecule has 15 heavy (non-hydrogen) atoms. The van der Waals surface area contributed by atoms with Crippen LogP contribution in [-0.2, 0) is 4.84 Å². The van der Waals surface area contributed by atoms with Crippen LogP contribution in [-0.4, -0.2) is 24.5 Å². The van der Waals surface area contributed by atoms with Crippen LogP contribution in [0.15, 0.2) is 17.3 Å². The number of phenolic OH excluding ortho intramolecular Hbond substituents is 1. The third-order valence-electron chi connectivity index (χ3n) is 2.47. The van der Waals surface area contributed by atoms with E-state index < -0.39 is 0 Å². The van der Waals surface area contributed by atoms with Gasteiger partial charge in [-0.2, -0.15) is 0 Å². The fraction of sp³-hybridized carbons (Fsp3) is 0.364. The SMILES string of the molecule is CON=C1CCOc2c1ccc(O)c2C. The number of rotatable bonds is 1. The van der Waals surface area contributed by atoms with Gasteiger partial charge in [0.05, 0.1) is 12.3 Å². The highest BCUT2D eigenvalue weighted by molar-refractivity contribution is 6.04. The van der Waals surface area contributed by atoms with Crippen LogP contribution in [0.3, 0.4) is 0 Å². The van der Waals surface area contributed by atoms with Gasteiger partial charge in [-0.3, -0.25) is 0 Å². The van der Waals surface area contributed by atoms with E-state index in [9.17, 15) is 5.11 Å². The van der Waals surface area contributed by atoms with Crippen LogP contribution >= 0.6 is 0 Å². The summed E-state index contributed by atoms with van der Waals surface area (Å²) in [5, 5.41) is 13.5. The first kappa shape index (κ1) is 9.83. The van der Waals surface area contributed by atoms with Crippen LogP contribution in [0, 0.1) is 6.92 Å². The first-order chi connectivity index (χ1) is 7.24. The van der Waals surface area contributed by atoms with E-state index in [4.69, 9.17) is 9.57 Å². The van der Waals surface area contributed by atoms with E-state index in [-0.39, 0.29) is 5.75 Å². The molecule has 4 heteroatoms. The lowest BCUT2D eigenvalue weighted by molar-refractivity contribution is 0.210. The van der Waals surface area contributed by atoms with Gasteiger partial charge in [-0.1, -0.05) is 5.16 Å². The Morgan fingerprint density at radius 3 is 3.00 bits per heavy atom. The number of hydrogen-bond donors (Lipinski definition) is 1. The summed E-state index contributed by atoms with van der Waals surface area (Å²) in [7, 11) is 1.52. The zero-order valence-corrected chi connectivity index (χ0v) is 8.78. The Hall–Kier alpha value is -1.71. The molecule has 1 aliphatic heterocycles. The van der Waals surface area contributed by atoms with Crippen molar-refractivity contribution in [1.82, 2.24) is 0 Å². The molecule has 0 fully saturated rings. The molecule has 80 valence electrons. The summed E-state index contributed by atoms with van der Waals surface area (Å²) in [4.78, 5) is 4.78. The molecule has 0 atom stereocenters. The molecule has 0 unspecified atom stereocenters. The Morgan fingerprint density at radius 2 is 2.27 bits per heavy atom. The third kappa shape index (κ3) is 1.63. The van der Waals surface area contributed by atoms with Crippen LogP contribution < -0.4 is 4.74 Å². The van der Waals surface area contributed by atoms with Crippen LogP contribution in [0.5, 0.6) is 11.5 Å². The van der Waals surface area contributed by atoms with Crippen molar-refractivity contribution in [3.8, 4) is 11.5 Å². The fourth-order valence-electron chi connectivity index (χ4n) is 1.68. The highest BCUT2D eigenvalue weighted by Gasteiger charge is 2.20. The molecule has 0 aromatic heterocycles. The number of aromatic hydroxyl groups is 1. The second kappa shape index (κ2) is 3.81. The molecule has 1 aliphatic rings. The standard InChI is InChI=1S/C11H13NO3/c1-7-10(13)4-3-8-9(12-14-2)5-6-15-11(7)8/h3-4,13H,5-6H2,1-2H3. The maximum absolute atomic E-state index is 9.54. The van der Waals surface area contributed by atoms with Gasteiger partial charge in [0.2, 0.25) is 0 Å². The van der Waals surface area contributed by atoms with Crippen molar-refractivity contribution >= 4 is 5.71 Å². The molecule has 2 rings (SSSR count). The minimum atomic E-state index is 0.243. The van der Waals surface area contributed by atoms with E-state index in [1.807, 2.05) is 6.92 Å². The van der Waals surface area contributed by atoms with Gasteiger partial charge in [-0.05, 0) is 19.1 Å². The lowest BCUT2D eigenvalue weighted by Crippen LogP contribution is -2.17. The monoisotopic (exact) mass is 207 g/mol. The van der Waals surface area contributed by atoms with E-state index >= 15 is 0 Å². The number of phenols is 1. The normalized spacial score (nSPS) is 17.1. The second-order valence-corrected chi connectivity index (χ2v) is 3.41. The average Bonchev–Trinajstić information content (AvgIpc) is 2.25. The minimum absolute atomic E-state index is 0.243. The second-order valence-electron chi connectivity index (χ2n) is 3.41. The van der Waals surface area contributed by atoms with Gasteiger partial charge < -0.3 is 14.7 Å². The highest BCUT2D eigenvalue weighted by atomic mass is 16.6. The van der Waals surface area contributed by atoms with E-state index in [0.717, 1.165) is 23.3 Å². The third-order valence-corrected chi connectivity index (χ3v) is 2.47. The molecule has 0 aliphatic carbocycles. The topological polar surface area (TPSA) is 51.0 Å². The predicted octanol–water partition coefficient (Wildman–Crippen LogP) is 1.83. The average molecular weight is 207 g/mol. The van der Waals surface area contributed by atoms with E-state index in [0.29, 0.717) is 12.4 Å². The highest BCUT2D eigenvalue weighted by Crippen LogP contribution is 2.34. The summed E-state index contributed by atoms with van der Waals surface area (Å²) in [6.07, 6.45) is 0.727. The van der Waals surface area contributed by atoms with Crippen molar-refractivity contribution in [2.24, 2.45) is 5.16 Å². The van der Waals surface area contributed by atoms with Gasteiger partial charge in [0.15, 0.2) is 0 Å².